The third-order valence-corrected chi connectivity index (χ3v) is 2.94. The zero-order valence-corrected chi connectivity index (χ0v) is 11.4. The van der Waals surface area contributed by atoms with Gasteiger partial charge in [0.25, 0.3) is 0 Å². The summed E-state index contributed by atoms with van der Waals surface area (Å²) < 4.78 is 5.42. The van der Waals surface area contributed by atoms with Crippen molar-refractivity contribution in [1.29, 1.82) is 0 Å². The van der Waals surface area contributed by atoms with Crippen molar-refractivity contribution in [3.63, 3.8) is 0 Å². The van der Waals surface area contributed by atoms with Gasteiger partial charge in [-0.2, -0.15) is 5.11 Å². The topological polar surface area (TPSA) is 51.0 Å². The van der Waals surface area contributed by atoms with E-state index in [9.17, 15) is 4.79 Å². The molecule has 0 bridgehead atoms. The number of hydrogen-bond donors (Lipinski definition) is 0. The monoisotopic (exact) mass is 266 g/mol. The Morgan fingerprint density at radius 1 is 1.22 bits per heavy atom. The smallest absolute Gasteiger partial charge is 0.340 e. The summed E-state index contributed by atoms with van der Waals surface area (Å²) in [5, 5.41) is 8.75. The Bertz CT molecular complexity index is 496. The van der Waals surface area contributed by atoms with Crippen molar-refractivity contribution in [1.82, 2.24) is 0 Å². The minimum absolute atomic E-state index is 0.283. The zero-order chi connectivity index (χ0) is 13.4. The summed E-state index contributed by atoms with van der Waals surface area (Å²) in [5.74, 6) is -0.411. The van der Waals surface area contributed by atoms with Gasteiger partial charge < -0.3 is 4.74 Å². The maximum absolute atomic E-state index is 12.0. The summed E-state index contributed by atoms with van der Waals surface area (Å²) in [6.07, 6.45) is 0.583. The second kappa shape index (κ2) is 4.35. The minimum atomic E-state index is -0.875. The van der Waals surface area contributed by atoms with Gasteiger partial charge in [-0.15, -0.1) is 5.11 Å². The highest BCUT2D eigenvalue weighted by Gasteiger charge is 2.41. The van der Waals surface area contributed by atoms with Crippen LogP contribution in [0.2, 0.25) is 5.02 Å². The molecule has 1 aliphatic heterocycles. The standard InChI is InChI=1S/C13H15ClN2O2/c1-12(2)8-13(3,16-15-12)18-11(17)9-4-6-10(14)7-5-9/h4-7H,8H2,1-3H3. The molecular weight excluding hydrogens is 252 g/mol. The molecule has 0 radical (unpaired) electrons. The van der Waals surface area contributed by atoms with E-state index in [1.54, 1.807) is 31.2 Å². The number of benzene rings is 1. The third-order valence-electron chi connectivity index (χ3n) is 2.69. The SMILES string of the molecule is CC1(C)CC(C)(OC(=O)c2ccc(Cl)cc2)N=N1. The largest absolute Gasteiger partial charge is 0.432 e. The fourth-order valence-electron chi connectivity index (χ4n) is 2.02. The second-order valence-corrected chi connectivity index (χ2v) is 5.70. The van der Waals surface area contributed by atoms with E-state index in [1.165, 1.54) is 0 Å². The van der Waals surface area contributed by atoms with Crippen LogP contribution in [0.4, 0.5) is 0 Å². The van der Waals surface area contributed by atoms with E-state index >= 15 is 0 Å². The Kier molecular flexibility index (Phi) is 3.15. The van der Waals surface area contributed by atoms with Crippen LogP contribution >= 0.6 is 11.6 Å². The van der Waals surface area contributed by atoms with Crippen LogP contribution in [0.15, 0.2) is 34.5 Å². The molecule has 1 heterocycles. The molecule has 1 unspecified atom stereocenters. The lowest BCUT2D eigenvalue weighted by molar-refractivity contribution is -0.00783. The number of esters is 1. The number of azo groups is 1. The Morgan fingerprint density at radius 3 is 2.33 bits per heavy atom. The lowest BCUT2D eigenvalue weighted by Gasteiger charge is -2.22. The molecule has 1 aromatic rings. The van der Waals surface area contributed by atoms with Crippen molar-refractivity contribution < 1.29 is 9.53 Å². The van der Waals surface area contributed by atoms with Gasteiger partial charge in [0.1, 0.15) is 0 Å². The molecule has 96 valence electrons. The van der Waals surface area contributed by atoms with Crippen LogP contribution < -0.4 is 0 Å². The number of ether oxygens (including phenoxy) is 1. The Morgan fingerprint density at radius 2 is 1.83 bits per heavy atom. The van der Waals surface area contributed by atoms with E-state index in [-0.39, 0.29) is 5.54 Å². The summed E-state index contributed by atoms with van der Waals surface area (Å²) in [7, 11) is 0. The normalized spacial score (nSPS) is 25.1. The van der Waals surface area contributed by atoms with Gasteiger partial charge >= 0.3 is 5.97 Å². The summed E-state index contributed by atoms with van der Waals surface area (Å²) >= 11 is 5.77. The van der Waals surface area contributed by atoms with E-state index in [4.69, 9.17) is 16.3 Å². The van der Waals surface area contributed by atoms with Crippen molar-refractivity contribution in [3.05, 3.63) is 34.9 Å². The molecule has 18 heavy (non-hydrogen) atoms. The maximum atomic E-state index is 12.0. The number of rotatable bonds is 2. The molecule has 0 spiro atoms. The molecule has 5 heteroatoms. The van der Waals surface area contributed by atoms with Crippen LogP contribution in [0.3, 0.4) is 0 Å². The zero-order valence-electron chi connectivity index (χ0n) is 10.6. The number of carbonyl (C=O) groups is 1. The van der Waals surface area contributed by atoms with Crippen LogP contribution in [0.5, 0.6) is 0 Å². The molecule has 2 rings (SSSR count). The van der Waals surface area contributed by atoms with Crippen LogP contribution in [-0.4, -0.2) is 17.2 Å². The van der Waals surface area contributed by atoms with Gasteiger partial charge in [-0.05, 0) is 45.0 Å². The quantitative estimate of drug-likeness (QED) is 0.764. The van der Waals surface area contributed by atoms with Crippen molar-refractivity contribution in [2.24, 2.45) is 10.2 Å². The summed E-state index contributed by atoms with van der Waals surface area (Å²) in [4.78, 5) is 12.0. The molecule has 1 atom stereocenters. The molecule has 4 nitrogen and oxygen atoms in total. The lowest BCUT2D eigenvalue weighted by Crippen LogP contribution is -2.31. The minimum Gasteiger partial charge on any atom is -0.432 e. The summed E-state index contributed by atoms with van der Waals surface area (Å²) in [5.41, 5.74) is -0.699. The predicted molar refractivity (Wildman–Crippen MR) is 68.8 cm³/mol. The lowest BCUT2D eigenvalue weighted by atomic mass is 9.97. The number of halogens is 1. The van der Waals surface area contributed by atoms with E-state index in [0.717, 1.165) is 0 Å². The van der Waals surface area contributed by atoms with E-state index in [0.29, 0.717) is 17.0 Å². The van der Waals surface area contributed by atoms with Gasteiger partial charge in [-0.25, -0.2) is 4.79 Å². The second-order valence-electron chi connectivity index (χ2n) is 5.26. The third kappa shape index (κ3) is 2.88. The first-order valence-electron chi connectivity index (χ1n) is 5.73. The van der Waals surface area contributed by atoms with Gasteiger partial charge in [-0.3, -0.25) is 0 Å². The fourth-order valence-corrected chi connectivity index (χ4v) is 2.14. The molecule has 1 aromatic carbocycles. The first kappa shape index (κ1) is 13.0. The molecule has 0 fully saturated rings. The molecular formula is C13H15ClN2O2. The molecule has 0 saturated carbocycles. The van der Waals surface area contributed by atoms with Crippen molar-refractivity contribution in [3.8, 4) is 0 Å². The molecule has 0 amide bonds. The van der Waals surface area contributed by atoms with Crippen LogP contribution in [0, 0.1) is 0 Å². The highest BCUT2D eigenvalue weighted by Crippen LogP contribution is 2.35. The van der Waals surface area contributed by atoms with Crippen molar-refractivity contribution in [2.45, 2.75) is 38.5 Å². The van der Waals surface area contributed by atoms with Gasteiger partial charge in [0.15, 0.2) is 0 Å². The average Bonchev–Trinajstić information content (AvgIpc) is 2.53. The molecule has 0 saturated heterocycles. The summed E-state index contributed by atoms with van der Waals surface area (Å²) in [6.45, 7) is 5.68. The average molecular weight is 267 g/mol. The van der Waals surface area contributed by atoms with Gasteiger partial charge in [-0.1, -0.05) is 11.6 Å². The Labute approximate surface area is 111 Å². The maximum Gasteiger partial charge on any atom is 0.340 e. The van der Waals surface area contributed by atoms with Gasteiger partial charge in [0.2, 0.25) is 5.72 Å². The first-order valence-corrected chi connectivity index (χ1v) is 6.11. The molecule has 0 aliphatic carbocycles. The number of hydrogen-bond acceptors (Lipinski definition) is 4. The van der Waals surface area contributed by atoms with E-state index in [2.05, 4.69) is 10.2 Å². The first-order chi connectivity index (χ1) is 8.30. The predicted octanol–water partition coefficient (Wildman–Crippen LogP) is 3.85. The van der Waals surface area contributed by atoms with E-state index < -0.39 is 11.7 Å². The van der Waals surface area contributed by atoms with Crippen LogP contribution in [0.1, 0.15) is 37.6 Å². The van der Waals surface area contributed by atoms with E-state index in [1.807, 2.05) is 13.8 Å². The summed E-state index contributed by atoms with van der Waals surface area (Å²) in [6, 6.07) is 6.57. The number of carbonyl (C=O) groups excluding carboxylic acids is 1. The van der Waals surface area contributed by atoms with Gasteiger partial charge in [0.05, 0.1) is 11.1 Å². The number of nitrogens with zero attached hydrogens (tertiary/aromatic N) is 2. The Hall–Kier alpha value is -1.42. The molecule has 1 aliphatic rings. The van der Waals surface area contributed by atoms with Crippen LogP contribution in [0.25, 0.3) is 0 Å². The highest BCUT2D eigenvalue weighted by atomic mass is 35.5. The van der Waals surface area contributed by atoms with Crippen LogP contribution in [-0.2, 0) is 4.74 Å². The molecule has 0 aromatic heterocycles. The fraction of sp³-hybridized carbons (Fsp3) is 0.462. The van der Waals surface area contributed by atoms with Crippen molar-refractivity contribution in [2.75, 3.05) is 0 Å². The molecule has 0 N–H and O–H groups in total. The highest BCUT2D eigenvalue weighted by molar-refractivity contribution is 6.30. The van der Waals surface area contributed by atoms with Crippen molar-refractivity contribution >= 4 is 17.6 Å². The van der Waals surface area contributed by atoms with Gasteiger partial charge in [0, 0.05) is 11.4 Å². The Balaban J connectivity index is 2.09.